The summed E-state index contributed by atoms with van der Waals surface area (Å²) in [4.78, 5) is 8.52. The number of aryl methyl sites for hydroxylation is 1. The van der Waals surface area contributed by atoms with E-state index in [1.807, 2.05) is 42.1 Å². The van der Waals surface area contributed by atoms with Crippen molar-refractivity contribution < 1.29 is 0 Å². The predicted octanol–water partition coefficient (Wildman–Crippen LogP) is 1.98. The van der Waals surface area contributed by atoms with E-state index in [4.69, 9.17) is 0 Å². The summed E-state index contributed by atoms with van der Waals surface area (Å²) in [7, 11) is 1.93. The van der Waals surface area contributed by atoms with Gasteiger partial charge in [0.05, 0.1) is 17.8 Å². The largest absolute Gasteiger partial charge is 0.364 e. The Morgan fingerprint density at radius 3 is 2.89 bits per heavy atom. The van der Waals surface area contributed by atoms with Crippen LogP contribution in [0.15, 0.2) is 42.9 Å². The molecule has 2 aromatic heterocycles. The zero-order chi connectivity index (χ0) is 12.4. The van der Waals surface area contributed by atoms with Gasteiger partial charge in [-0.05, 0) is 18.2 Å². The summed E-state index contributed by atoms with van der Waals surface area (Å²) in [6.45, 7) is 0.692. The molecule has 1 N–H and O–H groups in total. The third-order valence-electron chi connectivity index (χ3n) is 2.90. The van der Waals surface area contributed by atoms with Crippen LogP contribution in [-0.4, -0.2) is 19.7 Å². The van der Waals surface area contributed by atoms with Crippen LogP contribution in [0.3, 0.4) is 0 Å². The molecule has 5 nitrogen and oxygen atoms in total. The van der Waals surface area contributed by atoms with Gasteiger partial charge in [0.1, 0.15) is 12.1 Å². The summed E-state index contributed by atoms with van der Waals surface area (Å²) in [5.74, 6) is 0.849. The molecule has 90 valence electrons. The van der Waals surface area contributed by atoms with Crippen molar-refractivity contribution in [3.63, 3.8) is 0 Å². The fourth-order valence-corrected chi connectivity index (χ4v) is 1.89. The number of anilines is 1. The first-order chi connectivity index (χ1) is 8.84. The Morgan fingerprint density at radius 2 is 2.06 bits per heavy atom. The highest BCUT2D eigenvalue weighted by molar-refractivity contribution is 5.88. The summed E-state index contributed by atoms with van der Waals surface area (Å²) in [6, 6.07) is 9.94. The first-order valence-electron chi connectivity index (χ1n) is 5.75. The van der Waals surface area contributed by atoms with Gasteiger partial charge in [0.25, 0.3) is 0 Å². The van der Waals surface area contributed by atoms with Crippen molar-refractivity contribution in [2.75, 3.05) is 5.32 Å². The highest BCUT2D eigenvalue weighted by Crippen LogP contribution is 2.18. The van der Waals surface area contributed by atoms with E-state index in [1.165, 1.54) is 0 Å². The van der Waals surface area contributed by atoms with E-state index >= 15 is 0 Å². The molecule has 0 aliphatic heterocycles. The maximum atomic E-state index is 4.28. The fraction of sp³-hybridized carbons (Fsp3) is 0.154. The minimum atomic E-state index is 0.692. The second-order valence-corrected chi connectivity index (χ2v) is 4.04. The van der Waals surface area contributed by atoms with E-state index < -0.39 is 0 Å². The van der Waals surface area contributed by atoms with Crippen molar-refractivity contribution in [2.24, 2.45) is 7.05 Å². The summed E-state index contributed by atoms with van der Waals surface area (Å²) < 4.78 is 1.84. The van der Waals surface area contributed by atoms with Crippen LogP contribution >= 0.6 is 0 Å². The van der Waals surface area contributed by atoms with Gasteiger partial charge in [0.15, 0.2) is 0 Å². The van der Waals surface area contributed by atoms with E-state index in [0.29, 0.717) is 6.54 Å². The van der Waals surface area contributed by atoms with Crippen LogP contribution in [0.5, 0.6) is 0 Å². The van der Waals surface area contributed by atoms with E-state index in [0.717, 1.165) is 22.4 Å². The van der Waals surface area contributed by atoms with Crippen LogP contribution < -0.4 is 5.32 Å². The molecule has 0 radical (unpaired) electrons. The van der Waals surface area contributed by atoms with Crippen LogP contribution in [0.1, 0.15) is 5.69 Å². The topological polar surface area (TPSA) is 55.6 Å². The molecule has 5 heteroatoms. The Hall–Kier alpha value is -2.43. The average molecular weight is 239 g/mol. The third kappa shape index (κ3) is 1.90. The summed E-state index contributed by atoms with van der Waals surface area (Å²) in [5, 5.41) is 8.48. The lowest BCUT2D eigenvalue weighted by Gasteiger charge is -2.08. The van der Waals surface area contributed by atoms with Crippen molar-refractivity contribution in [3.05, 3.63) is 48.5 Å². The molecule has 0 bridgehead atoms. The van der Waals surface area contributed by atoms with Crippen molar-refractivity contribution >= 4 is 16.7 Å². The number of nitrogens with one attached hydrogen (secondary N) is 1. The minimum absolute atomic E-state index is 0.692. The zero-order valence-corrected chi connectivity index (χ0v) is 10.0. The van der Waals surface area contributed by atoms with Crippen LogP contribution in [0.4, 0.5) is 5.82 Å². The van der Waals surface area contributed by atoms with Crippen LogP contribution in [0.2, 0.25) is 0 Å². The van der Waals surface area contributed by atoms with Crippen molar-refractivity contribution in [1.82, 2.24) is 19.7 Å². The van der Waals surface area contributed by atoms with Crippen LogP contribution in [0.25, 0.3) is 10.9 Å². The van der Waals surface area contributed by atoms with Gasteiger partial charge in [0.2, 0.25) is 0 Å². The summed E-state index contributed by atoms with van der Waals surface area (Å²) in [5.41, 5.74) is 2.05. The normalized spacial score (nSPS) is 10.7. The number of benzene rings is 1. The molecule has 0 saturated heterocycles. The van der Waals surface area contributed by atoms with Gasteiger partial charge in [-0.3, -0.25) is 4.68 Å². The van der Waals surface area contributed by atoms with E-state index in [1.54, 1.807) is 12.5 Å². The van der Waals surface area contributed by atoms with Crippen LogP contribution in [0, 0.1) is 0 Å². The lowest BCUT2D eigenvalue weighted by molar-refractivity contribution is 0.720. The molecule has 0 fully saturated rings. The van der Waals surface area contributed by atoms with Gasteiger partial charge in [-0.2, -0.15) is 5.10 Å². The molecule has 0 saturated carbocycles. The number of nitrogens with zero attached hydrogens (tertiary/aromatic N) is 4. The predicted molar refractivity (Wildman–Crippen MR) is 70.1 cm³/mol. The Kier molecular flexibility index (Phi) is 2.64. The zero-order valence-electron chi connectivity index (χ0n) is 10.0. The Morgan fingerprint density at radius 1 is 1.17 bits per heavy atom. The molecular formula is C13H13N5. The Bertz CT molecular complexity index is 668. The number of rotatable bonds is 3. The standard InChI is InChI=1S/C13H13N5/c1-18-10(6-7-17-18)8-14-13-11-4-2-3-5-12(11)15-9-16-13/h2-7,9H,8H2,1H3,(H,14,15,16). The maximum Gasteiger partial charge on any atom is 0.137 e. The Labute approximate surface area is 104 Å². The number of hydrogen-bond acceptors (Lipinski definition) is 4. The highest BCUT2D eigenvalue weighted by Gasteiger charge is 2.03. The van der Waals surface area contributed by atoms with E-state index in [-0.39, 0.29) is 0 Å². The first kappa shape index (κ1) is 10.7. The Balaban J connectivity index is 1.89. The molecule has 0 atom stereocenters. The monoisotopic (exact) mass is 239 g/mol. The maximum absolute atomic E-state index is 4.28. The molecular weight excluding hydrogens is 226 g/mol. The van der Waals surface area contributed by atoms with E-state index in [2.05, 4.69) is 20.4 Å². The molecule has 3 rings (SSSR count). The van der Waals surface area contributed by atoms with Gasteiger partial charge in [-0.15, -0.1) is 0 Å². The van der Waals surface area contributed by atoms with Gasteiger partial charge >= 0.3 is 0 Å². The van der Waals surface area contributed by atoms with Crippen molar-refractivity contribution in [2.45, 2.75) is 6.54 Å². The lowest BCUT2D eigenvalue weighted by Crippen LogP contribution is -2.07. The van der Waals surface area contributed by atoms with Gasteiger partial charge in [-0.25, -0.2) is 9.97 Å². The van der Waals surface area contributed by atoms with Gasteiger partial charge < -0.3 is 5.32 Å². The third-order valence-corrected chi connectivity index (χ3v) is 2.90. The number of fused-ring (bicyclic) bond motifs is 1. The number of para-hydroxylation sites is 1. The molecule has 0 amide bonds. The molecule has 1 aromatic carbocycles. The number of hydrogen-bond donors (Lipinski definition) is 1. The average Bonchev–Trinajstić information content (AvgIpc) is 2.82. The minimum Gasteiger partial charge on any atom is -0.364 e. The fourth-order valence-electron chi connectivity index (χ4n) is 1.89. The molecule has 0 unspecified atom stereocenters. The first-order valence-corrected chi connectivity index (χ1v) is 5.75. The van der Waals surface area contributed by atoms with Gasteiger partial charge in [-0.1, -0.05) is 12.1 Å². The second-order valence-electron chi connectivity index (χ2n) is 4.04. The quantitative estimate of drug-likeness (QED) is 0.759. The van der Waals surface area contributed by atoms with Gasteiger partial charge in [0, 0.05) is 18.6 Å². The molecule has 0 aliphatic rings. The highest BCUT2D eigenvalue weighted by atomic mass is 15.3. The molecule has 18 heavy (non-hydrogen) atoms. The molecule has 0 aliphatic carbocycles. The molecule has 2 heterocycles. The summed E-state index contributed by atoms with van der Waals surface area (Å²) in [6.07, 6.45) is 3.36. The van der Waals surface area contributed by atoms with E-state index in [9.17, 15) is 0 Å². The smallest absolute Gasteiger partial charge is 0.137 e. The summed E-state index contributed by atoms with van der Waals surface area (Å²) >= 11 is 0. The molecule has 0 spiro atoms. The SMILES string of the molecule is Cn1nccc1CNc1ncnc2ccccc12. The van der Waals surface area contributed by atoms with Crippen LogP contribution in [-0.2, 0) is 13.6 Å². The second kappa shape index (κ2) is 4.44. The number of aromatic nitrogens is 4. The molecule has 3 aromatic rings. The lowest BCUT2D eigenvalue weighted by atomic mass is 10.2. The van der Waals surface area contributed by atoms with Crippen molar-refractivity contribution in [3.8, 4) is 0 Å². The van der Waals surface area contributed by atoms with Crippen molar-refractivity contribution in [1.29, 1.82) is 0 Å².